The van der Waals surface area contributed by atoms with Crippen LogP contribution in [0.3, 0.4) is 0 Å². The van der Waals surface area contributed by atoms with Gasteiger partial charge in [-0.3, -0.25) is 4.79 Å². The Hall–Kier alpha value is -0.990. The molecule has 15 heavy (non-hydrogen) atoms. The molecule has 76 valence electrons. The highest BCUT2D eigenvalue weighted by Crippen LogP contribution is 2.23. The van der Waals surface area contributed by atoms with Crippen LogP contribution in [0.4, 0.5) is 0 Å². The number of carbonyl (C=O) groups excluding carboxylic acids is 1. The molecule has 0 radical (unpaired) electrons. The van der Waals surface area contributed by atoms with E-state index in [-0.39, 0.29) is 5.24 Å². The lowest BCUT2D eigenvalue weighted by Gasteiger charge is -2.01. The van der Waals surface area contributed by atoms with E-state index in [9.17, 15) is 4.79 Å². The van der Waals surface area contributed by atoms with Crippen LogP contribution in [0.1, 0.15) is 0 Å². The van der Waals surface area contributed by atoms with E-state index in [2.05, 4.69) is 24.3 Å². The summed E-state index contributed by atoms with van der Waals surface area (Å²) in [7, 11) is 0. The second-order valence-corrected chi connectivity index (χ2v) is 4.62. The smallest absolute Gasteiger partial charge is 0.231 e. The summed E-state index contributed by atoms with van der Waals surface area (Å²) in [5, 5.41) is 2.08. The summed E-state index contributed by atoms with van der Waals surface area (Å²) in [4.78, 5) is 11.7. The molecule has 0 aromatic heterocycles. The van der Waals surface area contributed by atoms with Crippen molar-refractivity contribution in [1.29, 1.82) is 0 Å². The number of fused-ring (bicyclic) bond motifs is 1. The normalized spacial score (nSPS) is 10.5. The fourth-order valence-electron chi connectivity index (χ4n) is 1.40. The van der Waals surface area contributed by atoms with Crippen molar-refractivity contribution in [3.05, 3.63) is 42.5 Å². The fraction of sp³-hybridized carbons (Fsp3) is 0.0833. The Morgan fingerprint density at radius 3 is 2.60 bits per heavy atom. The van der Waals surface area contributed by atoms with E-state index in [0.29, 0.717) is 5.75 Å². The Morgan fingerprint density at radius 2 is 1.87 bits per heavy atom. The third-order valence-corrected chi connectivity index (χ3v) is 3.36. The summed E-state index contributed by atoms with van der Waals surface area (Å²) in [6.07, 6.45) is 0. The molecule has 0 saturated carbocycles. The van der Waals surface area contributed by atoms with Gasteiger partial charge in [-0.25, -0.2) is 0 Å². The molecule has 1 nitrogen and oxygen atoms in total. The van der Waals surface area contributed by atoms with Crippen LogP contribution in [0, 0.1) is 0 Å². The minimum absolute atomic E-state index is 0.312. The zero-order valence-corrected chi connectivity index (χ0v) is 9.52. The Labute approximate surface area is 97.4 Å². The quantitative estimate of drug-likeness (QED) is 0.597. The van der Waals surface area contributed by atoms with E-state index < -0.39 is 0 Å². The minimum atomic E-state index is -0.312. The molecule has 2 aromatic carbocycles. The van der Waals surface area contributed by atoms with Crippen LogP contribution in [-0.2, 0) is 4.79 Å². The topological polar surface area (TPSA) is 17.1 Å². The Bertz CT molecular complexity index is 496. The third kappa shape index (κ3) is 2.74. The largest absolute Gasteiger partial charge is 0.280 e. The molecule has 0 saturated heterocycles. The van der Waals surface area contributed by atoms with Crippen LogP contribution in [-0.4, -0.2) is 11.0 Å². The van der Waals surface area contributed by atoms with Gasteiger partial charge >= 0.3 is 0 Å². The zero-order valence-electron chi connectivity index (χ0n) is 7.94. The van der Waals surface area contributed by atoms with Crippen LogP contribution in [0.15, 0.2) is 47.4 Å². The first kappa shape index (κ1) is 10.5. The summed E-state index contributed by atoms with van der Waals surface area (Å²) in [5.74, 6) is 0.319. The van der Waals surface area contributed by atoms with Gasteiger partial charge in [-0.15, -0.1) is 11.8 Å². The highest BCUT2D eigenvalue weighted by molar-refractivity contribution is 8.00. The van der Waals surface area contributed by atoms with E-state index in [0.717, 1.165) is 4.90 Å². The molecule has 0 spiro atoms. The Morgan fingerprint density at radius 1 is 1.13 bits per heavy atom. The first-order valence-corrected chi connectivity index (χ1v) is 5.92. The summed E-state index contributed by atoms with van der Waals surface area (Å²) in [5.41, 5.74) is 0. The molecule has 0 fully saturated rings. The lowest BCUT2D eigenvalue weighted by atomic mass is 10.1. The molecular weight excluding hydrogens is 228 g/mol. The average Bonchev–Trinajstić information content (AvgIpc) is 2.26. The number of halogens is 1. The molecule has 0 unspecified atom stereocenters. The predicted octanol–water partition coefficient (Wildman–Crippen LogP) is 3.70. The average molecular weight is 237 g/mol. The summed E-state index contributed by atoms with van der Waals surface area (Å²) < 4.78 is 0. The van der Waals surface area contributed by atoms with E-state index in [4.69, 9.17) is 11.6 Å². The van der Waals surface area contributed by atoms with Crippen LogP contribution in [0.5, 0.6) is 0 Å². The Balaban J connectivity index is 2.26. The maximum Gasteiger partial charge on any atom is 0.231 e. The van der Waals surface area contributed by atoms with Gasteiger partial charge in [0.25, 0.3) is 0 Å². The first-order chi connectivity index (χ1) is 7.25. The van der Waals surface area contributed by atoms with Gasteiger partial charge in [0.15, 0.2) is 0 Å². The van der Waals surface area contributed by atoms with Crippen molar-refractivity contribution in [3.63, 3.8) is 0 Å². The van der Waals surface area contributed by atoms with E-state index in [1.54, 1.807) is 0 Å². The molecule has 0 aliphatic rings. The molecule has 0 bridgehead atoms. The van der Waals surface area contributed by atoms with Gasteiger partial charge in [0, 0.05) is 4.90 Å². The standard InChI is InChI=1S/C12H9ClOS/c13-12(14)8-15-11-6-5-9-3-1-2-4-10(9)7-11/h1-7H,8H2. The maximum atomic E-state index is 10.6. The zero-order chi connectivity index (χ0) is 10.7. The number of hydrogen-bond donors (Lipinski definition) is 0. The van der Waals surface area contributed by atoms with Gasteiger partial charge < -0.3 is 0 Å². The number of rotatable bonds is 3. The van der Waals surface area contributed by atoms with Crippen LogP contribution in [0.2, 0.25) is 0 Å². The van der Waals surface area contributed by atoms with Crippen molar-refractivity contribution in [2.24, 2.45) is 0 Å². The predicted molar refractivity (Wildman–Crippen MR) is 65.5 cm³/mol. The molecule has 2 aromatic rings. The molecule has 0 atom stereocenters. The second-order valence-electron chi connectivity index (χ2n) is 3.15. The van der Waals surface area contributed by atoms with Crippen molar-refractivity contribution in [1.82, 2.24) is 0 Å². The molecule has 0 aliphatic heterocycles. The van der Waals surface area contributed by atoms with Crippen LogP contribution >= 0.6 is 23.4 Å². The molecule has 0 N–H and O–H groups in total. The molecule has 0 aliphatic carbocycles. The van der Waals surface area contributed by atoms with Crippen molar-refractivity contribution in [2.45, 2.75) is 4.90 Å². The molecule has 0 heterocycles. The highest BCUT2D eigenvalue weighted by Gasteiger charge is 2.00. The van der Waals surface area contributed by atoms with Gasteiger partial charge in [0.2, 0.25) is 5.24 Å². The van der Waals surface area contributed by atoms with Gasteiger partial charge in [-0.05, 0) is 34.5 Å². The van der Waals surface area contributed by atoms with Gasteiger partial charge in [0.1, 0.15) is 0 Å². The first-order valence-electron chi connectivity index (χ1n) is 4.55. The van der Waals surface area contributed by atoms with Gasteiger partial charge in [-0.1, -0.05) is 30.3 Å². The molecular formula is C12H9ClOS. The lowest BCUT2D eigenvalue weighted by molar-refractivity contribution is -0.109. The van der Waals surface area contributed by atoms with E-state index >= 15 is 0 Å². The summed E-state index contributed by atoms with van der Waals surface area (Å²) in [6.45, 7) is 0. The van der Waals surface area contributed by atoms with Crippen molar-refractivity contribution < 1.29 is 4.79 Å². The van der Waals surface area contributed by atoms with Gasteiger partial charge in [0.05, 0.1) is 5.75 Å². The van der Waals surface area contributed by atoms with Gasteiger partial charge in [-0.2, -0.15) is 0 Å². The number of hydrogen-bond acceptors (Lipinski definition) is 2. The molecule has 2 rings (SSSR count). The monoisotopic (exact) mass is 236 g/mol. The Kier molecular flexibility index (Phi) is 3.29. The summed E-state index contributed by atoms with van der Waals surface area (Å²) >= 11 is 6.75. The second kappa shape index (κ2) is 4.69. The fourth-order valence-corrected chi connectivity index (χ4v) is 2.22. The van der Waals surface area contributed by atoms with Crippen LogP contribution in [0.25, 0.3) is 10.8 Å². The SMILES string of the molecule is O=C(Cl)CSc1ccc2ccccc2c1. The number of benzene rings is 2. The maximum absolute atomic E-state index is 10.6. The molecule has 3 heteroatoms. The van der Waals surface area contributed by atoms with Crippen molar-refractivity contribution in [2.75, 3.05) is 5.75 Å². The lowest BCUT2D eigenvalue weighted by Crippen LogP contribution is -1.88. The van der Waals surface area contributed by atoms with Crippen LogP contribution < -0.4 is 0 Å². The number of carbonyl (C=O) groups is 1. The summed E-state index contributed by atoms with van der Waals surface area (Å²) in [6, 6.07) is 14.3. The third-order valence-electron chi connectivity index (χ3n) is 2.07. The molecule has 0 amide bonds. The van der Waals surface area contributed by atoms with Crippen molar-refractivity contribution >= 4 is 39.4 Å². The van der Waals surface area contributed by atoms with Crippen molar-refractivity contribution in [3.8, 4) is 0 Å². The minimum Gasteiger partial charge on any atom is -0.280 e. The van der Waals surface area contributed by atoms with E-state index in [1.807, 2.05) is 18.2 Å². The highest BCUT2D eigenvalue weighted by atomic mass is 35.5. The number of thioether (sulfide) groups is 1. The van der Waals surface area contributed by atoms with E-state index in [1.165, 1.54) is 22.5 Å².